The van der Waals surface area contributed by atoms with Gasteiger partial charge in [0.05, 0.1) is 5.92 Å². The third-order valence-corrected chi connectivity index (χ3v) is 3.62. The summed E-state index contributed by atoms with van der Waals surface area (Å²) < 4.78 is 0. The molecule has 102 valence electrons. The lowest BCUT2D eigenvalue weighted by Crippen LogP contribution is -2.26. The monoisotopic (exact) mass is 270 g/mol. The molecule has 18 heavy (non-hydrogen) atoms. The van der Waals surface area contributed by atoms with E-state index in [0.29, 0.717) is 12.2 Å². The summed E-state index contributed by atoms with van der Waals surface area (Å²) in [5, 5.41) is 10.1. The Kier molecular flexibility index (Phi) is 4.02. The van der Waals surface area contributed by atoms with Crippen molar-refractivity contribution in [2.45, 2.75) is 48.0 Å². The molecule has 1 atom stereocenters. The summed E-state index contributed by atoms with van der Waals surface area (Å²) in [6.07, 6.45) is 2.33. The smallest absolute Gasteiger partial charge is 0.228 e. The van der Waals surface area contributed by atoms with Crippen LogP contribution in [0.1, 0.15) is 48.0 Å². The zero-order valence-electron chi connectivity index (χ0n) is 12.1. The highest BCUT2D eigenvalue weighted by atomic mass is 35.5. The lowest BCUT2D eigenvalue weighted by molar-refractivity contribution is -0.114. The maximum absolute atomic E-state index is 11.5. The predicted molar refractivity (Wildman–Crippen MR) is 75.6 cm³/mol. The normalized spacial score (nSPS) is 21.9. The fraction of sp³-hybridized carbons (Fsp3) is 0.667. The van der Waals surface area contributed by atoms with E-state index in [1.807, 2.05) is 47.6 Å². The molecule has 1 aliphatic rings. The molecule has 0 aliphatic heterocycles. The first-order valence-corrected chi connectivity index (χ1v) is 6.67. The minimum atomic E-state index is -0.356. The first kappa shape index (κ1) is 15.3. The molecule has 0 aromatic rings. The number of carbonyl (C=O) groups is 1. The average Bonchev–Trinajstić information content (AvgIpc) is 2.13. The van der Waals surface area contributed by atoms with E-state index in [1.54, 1.807) is 0 Å². The number of aliphatic hydroxyl groups is 1. The van der Waals surface area contributed by atoms with Crippen LogP contribution in [0.25, 0.3) is 0 Å². The lowest BCUT2D eigenvalue weighted by Gasteiger charge is -2.34. The number of hydrogen-bond acceptors (Lipinski definition) is 2. The maximum atomic E-state index is 11.5. The maximum Gasteiger partial charge on any atom is 0.228 e. The SMILES string of the molecule is CC(C)(C)C1=CC(C(=O)Cl)CC(C(C)(C)C)=C1O. The largest absolute Gasteiger partial charge is 0.508 e. The van der Waals surface area contributed by atoms with Crippen molar-refractivity contribution in [3.05, 3.63) is 23.0 Å². The van der Waals surface area contributed by atoms with Gasteiger partial charge in [0.25, 0.3) is 0 Å². The third-order valence-electron chi connectivity index (χ3n) is 3.34. The number of rotatable bonds is 1. The summed E-state index contributed by atoms with van der Waals surface area (Å²) in [5.41, 5.74) is 1.36. The molecule has 1 unspecified atom stereocenters. The van der Waals surface area contributed by atoms with Crippen LogP contribution >= 0.6 is 11.6 Å². The molecule has 0 bridgehead atoms. The Morgan fingerprint density at radius 2 is 1.72 bits per heavy atom. The quantitative estimate of drug-likeness (QED) is 0.707. The predicted octanol–water partition coefficient (Wildman–Crippen LogP) is 4.60. The van der Waals surface area contributed by atoms with Gasteiger partial charge >= 0.3 is 0 Å². The summed E-state index contributed by atoms with van der Waals surface area (Å²) in [7, 11) is 0. The van der Waals surface area contributed by atoms with Crippen LogP contribution in [0.4, 0.5) is 0 Å². The fourth-order valence-electron chi connectivity index (χ4n) is 2.23. The van der Waals surface area contributed by atoms with Crippen LogP contribution in [0.15, 0.2) is 23.0 Å². The summed E-state index contributed by atoms with van der Waals surface area (Å²) in [5.74, 6) is 0.00943. The van der Waals surface area contributed by atoms with Crippen LogP contribution in [0, 0.1) is 16.7 Å². The molecular weight excluding hydrogens is 248 g/mol. The van der Waals surface area contributed by atoms with E-state index >= 15 is 0 Å². The van der Waals surface area contributed by atoms with Crippen LogP contribution in [-0.4, -0.2) is 10.3 Å². The molecule has 0 fully saturated rings. The third kappa shape index (κ3) is 3.17. The molecule has 1 rings (SSSR count). The average molecular weight is 271 g/mol. The van der Waals surface area contributed by atoms with Gasteiger partial charge in [-0.15, -0.1) is 0 Å². The minimum absolute atomic E-state index is 0.167. The first-order chi connectivity index (χ1) is 7.94. The highest BCUT2D eigenvalue weighted by Crippen LogP contribution is 2.44. The van der Waals surface area contributed by atoms with Gasteiger partial charge in [-0.3, -0.25) is 4.79 Å². The molecule has 1 aliphatic carbocycles. The zero-order valence-corrected chi connectivity index (χ0v) is 12.9. The van der Waals surface area contributed by atoms with Gasteiger partial charge in [0, 0.05) is 0 Å². The van der Waals surface area contributed by atoms with Crippen LogP contribution in [0.3, 0.4) is 0 Å². The number of aliphatic hydroxyl groups excluding tert-OH is 1. The second kappa shape index (κ2) is 4.73. The lowest BCUT2D eigenvalue weighted by atomic mass is 9.71. The van der Waals surface area contributed by atoms with Crippen molar-refractivity contribution >= 4 is 16.8 Å². The summed E-state index contributed by atoms with van der Waals surface area (Å²) in [4.78, 5) is 11.5. The zero-order chi connectivity index (χ0) is 14.3. The Hall–Kier alpha value is -0.760. The van der Waals surface area contributed by atoms with Gasteiger partial charge in [0.1, 0.15) is 5.76 Å². The highest BCUT2D eigenvalue weighted by Gasteiger charge is 2.35. The molecule has 0 aromatic heterocycles. The molecule has 0 amide bonds. The second-order valence-electron chi connectivity index (χ2n) is 7.02. The fourth-order valence-corrected chi connectivity index (χ4v) is 2.37. The Morgan fingerprint density at radius 3 is 2.06 bits per heavy atom. The number of halogens is 1. The molecule has 1 N–H and O–H groups in total. The van der Waals surface area contributed by atoms with Crippen molar-refractivity contribution < 1.29 is 9.90 Å². The van der Waals surface area contributed by atoms with Crippen molar-refractivity contribution in [1.29, 1.82) is 0 Å². The van der Waals surface area contributed by atoms with E-state index in [1.165, 1.54) is 0 Å². The topological polar surface area (TPSA) is 37.3 Å². The molecule has 0 saturated heterocycles. The molecule has 3 heteroatoms. The number of allylic oxidation sites excluding steroid dienone is 3. The van der Waals surface area contributed by atoms with Gasteiger partial charge < -0.3 is 5.11 Å². The Morgan fingerprint density at radius 1 is 1.22 bits per heavy atom. The molecule has 0 saturated carbocycles. The Labute approximate surface area is 115 Å². The Balaban J connectivity index is 3.36. The van der Waals surface area contributed by atoms with Crippen LogP contribution in [0.5, 0.6) is 0 Å². The highest BCUT2D eigenvalue weighted by molar-refractivity contribution is 6.64. The van der Waals surface area contributed by atoms with Crippen LogP contribution < -0.4 is 0 Å². The number of hydrogen-bond donors (Lipinski definition) is 1. The van der Waals surface area contributed by atoms with Crippen molar-refractivity contribution in [3.63, 3.8) is 0 Å². The van der Waals surface area contributed by atoms with E-state index < -0.39 is 0 Å². The van der Waals surface area contributed by atoms with Gasteiger partial charge in [-0.1, -0.05) is 47.6 Å². The second-order valence-corrected chi connectivity index (χ2v) is 7.39. The molecule has 0 aromatic carbocycles. The van der Waals surface area contributed by atoms with Gasteiger partial charge in [0.15, 0.2) is 0 Å². The standard InChI is InChI=1S/C15H23ClO2/c1-14(2,3)10-7-9(13(16)18)8-11(12(10)17)15(4,5)6/h7,9,17H,8H2,1-6H3. The van der Waals surface area contributed by atoms with Crippen LogP contribution in [-0.2, 0) is 4.79 Å². The van der Waals surface area contributed by atoms with Gasteiger partial charge in [0.2, 0.25) is 5.24 Å². The van der Waals surface area contributed by atoms with Crippen LogP contribution in [0.2, 0.25) is 0 Å². The first-order valence-electron chi connectivity index (χ1n) is 6.29. The van der Waals surface area contributed by atoms with E-state index in [4.69, 9.17) is 11.6 Å². The van der Waals surface area contributed by atoms with Crippen molar-refractivity contribution in [3.8, 4) is 0 Å². The summed E-state index contributed by atoms with van der Waals surface area (Å²) in [6, 6.07) is 0. The molecule has 0 spiro atoms. The number of carbonyl (C=O) groups excluding carboxylic acids is 1. The van der Waals surface area contributed by atoms with Gasteiger partial charge in [-0.25, -0.2) is 0 Å². The minimum Gasteiger partial charge on any atom is -0.508 e. The molecular formula is C15H23ClO2. The van der Waals surface area contributed by atoms with E-state index in [9.17, 15) is 9.90 Å². The molecule has 0 heterocycles. The summed E-state index contributed by atoms with van der Waals surface area (Å²) >= 11 is 5.65. The van der Waals surface area contributed by atoms with Crippen molar-refractivity contribution in [2.24, 2.45) is 16.7 Å². The Bertz CT molecular complexity index is 417. The summed E-state index contributed by atoms with van der Waals surface area (Å²) in [6.45, 7) is 12.2. The van der Waals surface area contributed by atoms with E-state index in [0.717, 1.165) is 11.1 Å². The van der Waals surface area contributed by atoms with Crippen molar-refractivity contribution in [2.75, 3.05) is 0 Å². The molecule has 2 nitrogen and oxygen atoms in total. The van der Waals surface area contributed by atoms with E-state index in [-0.39, 0.29) is 22.0 Å². The van der Waals surface area contributed by atoms with Gasteiger partial charge in [-0.2, -0.15) is 0 Å². The molecule has 0 radical (unpaired) electrons. The van der Waals surface area contributed by atoms with Crippen molar-refractivity contribution in [1.82, 2.24) is 0 Å². The van der Waals surface area contributed by atoms with Gasteiger partial charge in [-0.05, 0) is 40.0 Å². The van der Waals surface area contributed by atoms with E-state index in [2.05, 4.69) is 0 Å².